The summed E-state index contributed by atoms with van der Waals surface area (Å²) in [7, 11) is 0. The van der Waals surface area contributed by atoms with E-state index in [0.717, 1.165) is 11.0 Å². The first-order chi connectivity index (χ1) is 7.22. The summed E-state index contributed by atoms with van der Waals surface area (Å²) in [6, 6.07) is 3.41. The number of amidine groups is 1. The van der Waals surface area contributed by atoms with Gasteiger partial charge in [-0.2, -0.15) is 5.53 Å². The number of nitrogen functional groups attached to an aromatic ring is 1. The van der Waals surface area contributed by atoms with E-state index < -0.39 is 0 Å². The number of hydrogen-bond donors (Lipinski definition) is 4. The quantitative estimate of drug-likeness (QED) is 0.189. The predicted molar refractivity (Wildman–Crippen MR) is 56.4 cm³/mol. The Hall–Kier alpha value is -2.44. The standard InChI is InChI=1S/C8H9N7/c9-5-2-7-6(12-3-13-7)1-4(5)8(10)14-15-11/h1-3H,9H2,(H,12,13)(H3,10,11,14). The van der Waals surface area contributed by atoms with E-state index in [2.05, 4.69) is 20.3 Å². The maximum Gasteiger partial charge on any atom is 0.157 e. The van der Waals surface area contributed by atoms with Crippen molar-refractivity contribution in [2.45, 2.75) is 0 Å². The molecule has 0 saturated carbocycles. The van der Waals surface area contributed by atoms with Crippen molar-refractivity contribution < 1.29 is 0 Å². The zero-order valence-electron chi connectivity index (χ0n) is 7.73. The fraction of sp³-hybridized carbons (Fsp3) is 0. The van der Waals surface area contributed by atoms with Crippen LogP contribution < -0.4 is 11.5 Å². The fourth-order valence-electron chi connectivity index (χ4n) is 1.33. The minimum atomic E-state index is 0.110. The van der Waals surface area contributed by atoms with Crippen molar-refractivity contribution in [2.75, 3.05) is 5.73 Å². The Morgan fingerprint density at radius 1 is 1.47 bits per heavy atom. The van der Waals surface area contributed by atoms with Crippen LogP contribution in [0.3, 0.4) is 0 Å². The lowest BCUT2D eigenvalue weighted by molar-refractivity contribution is 0.986. The molecule has 0 aliphatic heterocycles. The molecule has 2 rings (SSSR count). The Bertz CT molecular complexity index is 539. The molecule has 1 aromatic heterocycles. The molecule has 0 amide bonds. The smallest absolute Gasteiger partial charge is 0.157 e. The minimum Gasteiger partial charge on any atom is -0.398 e. The van der Waals surface area contributed by atoms with Crippen molar-refractivity contribution in [1.29, 1.82) is 5.53 Å². The lowest BCUT2D eigenvalue weighted by Crippen LogP contribution is -2.14. The molecule has 0 fully saturated rings. The van der Waals surface area contributed by atoms with Crippen molar-refractivity contribution >= 4 is 22.6 Å². The van der Waals surface area contributed by atoms with Crippen LogP contribution in [-0.4, -0.2) is 15.8 Å². The number of aromatic nitrogens is 2. The normalized spacial score (nSPS) is 11.9. The molecule has 0 saturated heterocycles. The Kier molecular flexibility index (Phi) is 2.05. The number of aromatic amines is 1. The number of fused-ring (bicyclic) bond motifs is 1. The summed E-state index contributed by atoms with van der Waals surface area (Å²) < 4.78 is 0. The number of H-pyrrole nitrogens is 1. The van der Waals surface area contributed by atoms with Gasteiger partial charge in [0.2, 0.25) is 0 Å². The van der Waals surface area contributed by atoms with Crippen LogP contribution in [0.1, 0.15) is 5.56 Å². The summed E-state index contributed by atoms with van der Waals surface area (Å²) in [5, 5.41) is 6.27. The van der Waals surface area contributed by atoms with Gasteiger partial charge in [0.15, 0.2) is 5.84 Å². The summed E-state index contributed by atoms with van der Waals surface area (Å²) in [5.74, 6) is 0.110. The van der Waals surface area contributed by atoms with Gasteiger partial charge in [0, 0.05) is 11.3 Å². The molecule has 1 aromatic carbocycles. The third kappa shape index (κ3) is 1.50. The number of benzene rings is 1. The topological polar surface area (TPSA) is 129 Å². The molecule has 0 spiro atoms. The number of imidazole rings is 1. The molecule has 0 aliphatic carbocycles. The molecule has 15 heavy (non-hydrogen) atoms. The Morgan fingerprint density at radius 2 is 2.27 bits per heavy atom. The minimum absolute atomic E-state index is 0.110. The monoisotopic (exact) mass is 203 g/mol. The molecular weight excluding hydrogens is 194 g/mol. The second-order valence-electron chi connectivity index (χ2n) is 2.94. The third-order valence-electron chi connectivity index (χ3n) is 2.03. The first-order valence-electron chi connectivity index (χ1n) is 4.15. The van der Waals surface area contributed by atoms with Crippen LogP contribution >= 0.6 is 0 Å². The highest BCUT2D eigenvalue weighted by Crippen LogP contribution is 2.18. The van der Waals surface area contributed by atoms with E-state index in [1.165, 1.54) is 0 Å². The molecule has 2 aromatic rings. The first-order valence-corrected chi connectivity index (χ1v) is 4.15. The van der Waals surface area contributed by atoms with Gasteiger partial charge < -0.3 is 16.5 Å². The summed E-state index contributed by atoms with van der Waals surface area (Å²) in [4.78, 5) is 6.98. The highest BCUT2D eigenvalue weighted by molar-refractivity contribution is 6.04. The molecule has 0 bridgehead atoms. The number of anilines is 1. The molecular formula is C8H9N7. The SMILES string of the molecule is N=N/N=C(\N)c1cc2[nH]cnc2cc1N. The van der Waals surface area contributed by atoms with Gasteiger partial charge in [0.05, 0.1) is 17.4 Å². The molecule has 7 nitrogen and oxygen atoms in total. The lowest BCUT2D eigenvalue weighted by atomic mass is 10.1. The molecule has 6 N–H and O–H groups in total. The van der Waals surface area contributed by atoms with Gasteiger partial charge in [-0.15, -0.1) is 5.10 Å². The summed E-state index contributed by atoms with van der Waals surface area (Å²) in [5.41, 5.74) is 20.5. The van der Waals surface area contributed by atoms with E-state index in [4.69, 9.17) is 17.0 Å². The van der Waals surface area contributed by atoms with Crippen LogP contribution in [0.2, 0.25) is 0 Å². The van der Waals surface area contributed by atoms with Gasteiger partial charge >= 0.3 is 0 Å². The van der Waals surface area contributed by atoms with Gasteiger partial charge in [-0.1, -0.05) is 5.22 Å². The van der Waals surface area contributed by atoms with Crippen molar-refractivity contribution in [3.8, 4) is 0 Å². The van der Waals surface area contributed by atoms with E-state index in [0.29, 0.717) is 11.3 Å². The average molecular weight is 203 g/mol. The van der Waals surface area contributed by atoms with Crippen LogP contribution in [0.4, 0.5) is 5.69 Å². The first kappa shape index (κ1) is 9.13. The van der Waals surface area contributed by atoms with Crippen LogP contribution in [0.15, 0.2) is 28.8 Å². The Balaban J connectivity index is 2.64. The van der Waals surface area contributed by atoms with Crippen molar-refractivity contribution in [3.05, 3.63) is 24.0 Å². The van der Waals surface area contributed by atoms with E-state index >= 15 is 0 Å². The molecule has 7 heteroatoms. The van der Waals surface area contributed by atoms with Crippen LogP contribution in [0.25, 0.3) is 11.0 Å². The number of nitrogens with zero attached hydrogens (tertiary/aromatic N) is 3. The van der Waals surface area contributed by atoms with Crippen molar-refractivity contribution in [1.82, 2.24) is 9.97 Å². The van der Waals surface area contributed by atoms with Crippen molar-refractivity contribution in [3.63, 3.8) is 0 Å². The molecule has 0 radical (unpaired) electrons. The van der Waals surface area contributed by atoms with E-state index in [1.807, 2.05) is 0 Å². The van der Waals surface area contributed by atoms with Gasteiger partial charge in [-0.3, -0.25) is 0 Å². The predicted octanol–water partition coefficient (Wildman–Crippen LogP) is 0.796. The zero-order valence-corrected chi connectivity index (χ0v) is 7.73. The maximum atomic E-state index is 6.58. The summed E-state index contributed by atoms with van der Waals surface area (Å²) >= 11 is 0. The third-order valence-corrected chi connectivity index (χ3v) is 2.03. The van der Waals surface area contributed by atoms with Crippen LogP contribution in [-0.2, 0) is 0 Å². The van der Waals surface area contributed by atoms with Gasteiger partial charge in [-0.05, 0) is 12.1 Å². The number of hydrogen-bond acceptors (Lipinski definition) is 4. The van der Waals surface area contributed by atoms with Crippen LogP contribution in [0, 0.1) is 5.53 Å². The zero-order chi connectivity index (χ0) is 10.8. The second kappa shape index (κ2) is 3.37. The number of nitrogens with one attached hydrogen (secondary N) is 2. The molecule has 0 unspecified atom stereocenters. The van der Waals surface area contributed by atoms with Gasteiger partial charge in [0.1, 0.15) is 0 Å². The Morgan fingerprint density at radius 3 is 3.00 bits per heavy atom. The maximum absolute atomic E-state index is 6.58. The second-order valence-corrected chi connectivity index (χ2v) is 2.94. The van der Waals surface area contributed by atoms with Crippen LogP contribution in [0.5, 0.6) is 0 Å². The molecule has 0 aliphatic rings. The largest absolute Gasteiger partial charge is 0.398 e. The summed E-state index contributed by atoms with van der Waals surface area (Å²) in [6.07, 6.45) is 1.57. The number of rotatable bonds is 2. The van der Waals surface area contributed by atoms with E-state index in [1.54, 1.807) is 18.5 Å². The van der Waals surface area contributed by atoms with Crippen molar-refractivity contribution in [2.24, 2.45) is 16.1 Å². The highest BCUT2D eigenvalue weighted by Gasteiger charge is 2.07. The molecule has 0 atom stereocenters. The van der Waals surface area contributed by atoms with Gasteiger partial charge in [0.25, 0.3) is 0 Å². The summed E-state index contributed by atoms with van der Waals surface area (Å²) in [6.45, 7) is 0. The van der Waals surface area contributed by atoms with Gasteiger partial charge in [-0.25, -0.2) is 4.98 Å². The Labute approximate surface area is 84.7 Å². The lowest BCUT2D eigenvalue weighted by Gasteiger charge is -2.03. The molecule has 1 heterocycles. The van der Waals surface area contributed by atoms with E-state index in [9.17, 15) is 0 Å². The average Bonchev–Trinajstić information content (AvgIpc) is 2.63. The molecule has 76 valence electrons. The van der Waals surface area contributed by atoms with E-state index in [-0.39, 0.29) is 5.84 Å². The highest BCUT2D eigenvalue weighted by atomic mass is 15.3. The number of nitrogens with two attached hydrogens (primary N) is 2. The fourth-order valence-corrected chi connectivity index (χ4v) is 1.33.